The molecule has 0 bridgehead atoms. The maximum Gasteiger partial charge on any atom is 0.239 e. The van der Waals surface area contributed by atoms with E-state index in [-0.39, 0.29) is 18.5 Å². The second-order valence-corrected chi connectivity index (χ2v) is 7.19. The highest BCUT2D eigenvalue weighted by Gasteiger charge is 2.18. The van der Waals surface area contributed by atoms with Gasteiger partial charge in [0.15, 0.2) is 10.8 Å². The van der Waals surface area contributed by atoms with Crippen molar-refractivity contribution in [2.75, 3.05) is 18.5 Å². The first-order valence-corrected chi connectivity index (χ1v) is 9.23. The number of para-hydroxylation sites is 1. The van der Waals surface area contributed by atoms with Crippen molar-refractivity contribution in [2.24, 2.45) is 0 Å². The Bertz CT molecular complexity index is 870. The van der Waals surface area contributed by atoms with Crippen LogP contribution in [-0.4, -0.2) is 40.3 Å². The normalized spacial score (nSPS) is 12.3. The number of aryl methyl sites for hydroxylation is 1. The van der Waals surface area contributed by atoms with Gasteiger partial charge < -0.3 is 10.2 Å². The molecule has 3 rings (SSSR count). The van der Waals surface area contributed by atoms with Gasteiger partial charge >= 0.3 is 0 Å². The Morgan fingerprint density at radius 1 is 1.36 bits per heavy atom. The van der Waals surface area contributed by atoms with Crippen LogP contribution in [0.5, 0.6) is 0 Å². The van der Waals surface area contributed by atoms with Gasteiger partial charge in [-0.3, -0.25) is 4.79 Å². The quantitative estimate of drug-likeness (QED) is 0.736. The largest absolute Gasteiger partial charge is 0.352 e. The van der Waals surface area contributed by atoms with Crippen molar-refractivity contribution in [1.82, 2.24) is 20.1 Å². The summed E-state index contributed by atoms with van der Waals surface area (Å²) in [6, 6.07) is 10.1. The Hall–Kier alpha value is -2.41. The van der Waals surface area contributed by atoms with Gasteiger partial charge in [0.25, 0.3) is 0 Å². The second kappa shape index (κ2) is 7.23. The molecular formula is C18H23N5OS. The van der Waals surface area contributed by atoms with Crippen LogP contribution in [0.1, 0.15) is 26.0 Å². The number of nitrogens with one attached hydrogen (secondary N) is 1. The fourth-order valence-corrected chi connectivity index (χ4v) is 3.49. The third kappa shape index (κ3) is 3.66. The molecule has 6 nitrogen and oxygen atoms in total. The minimum absolute atomic E-state index is 0.0116. The summed E-state index contributed by atoms with van der Waals surface area (Å²) in [4.78, 5) is 18.7. The number of hydrogen-bond acceptors (Lipinski definition) is 5. The average Bonchev–Trinajstić information content (AvgIpc) is 3.16. The van der Waals surface area contributed by atoms with Gasteiger partial charge in [0, 0.05) is 13.1 Å². The molecular weight excluding hydrogens is 334 g/mol. The maximum atomic E-state index is 12.1. The van der Waals surface area contributed by atoms with Crippen LogP contribution in [0.15, 0.2) is 30.3 Å². The van der Waals surface area contributed by atoms with Crippen LogP contribution in [0, 0.1) is 6.92 Å². The third-order valence-electron chi connectivity index (χ3n) is 4.11. The van der Waals surface area contributed by atoms with Crippen LogP contribution in [0.2, 0.25) is 0 Å². The number of thiazole rings is 1. The van der Waals surface area contributed by atoms with E-state index in [0.717, 1.165) is 33.3 Å². The van der Waals surface area contributed by atoms with Crippen LogP contribution in [0.25, 0.3) is 16.0 Å². The topological polar surface area (TPSA) is 63.1 Å². The second-order valence-electron chi connectivity index (χ2n) is 6.21. The Morgan fingerprint density at radius 3 is 2.76 bits per heavy atom. The summed E-state index contributed by atoms with van der Waals surface area (Å²) in [5, 5.41) is 8.40. The lowest BCUT2D eigenvalue weighted by Gasteiger charge is -2.17. The number of likely N-dealkylation sites (N-methyl/N-ethyl adjacent to an activating group) is 1. The molecule has 1 unspecified atom stereocenters. The number of carbonyl (C=O) groups is 1. The van der Waals surface area contributed by atoms with Crippen LogP contribution in [0.4, 0.5) is 5.13 Å². The van der Waals surface area contributed by atoms with Crippen molar-refractivity contribution in [3.8, 4) is 5.69 Å². The fraction of sp³-hybridized carbons (Fsp3) is 0.389. The molecule has 0 aliphatic carbocycles. The summed E-state index contributed by atoms with van der Waals surface area (Å²) in [6.07, 6.45) is 0.919. The van der Waals surface area contributed by atoms with Gasteiger partial charge in [-0.2, -0.15) is 10.1 Å². The van der Waals surface area contributed by atoms with Gasteiger partial charge in [-0.15, -0.1) is 0 Å². The molecule has 0 spiro atoms. The number of benzene rings is 1. The number of carbonyl (C=O) groups excluding carboxylic acids is 1. The summed E-state index contributed by atoms with van der Waals surface area (Å²) in [7, 11) is 1.89. The average molecular weight is 357 g/mol. The highest BCUT2D eigenvalue weighted by molar-refractivity contribution is 7.22. The lowest BCUT2D eigenvalue weighted by atomic mass is 10.2. The molecule has 1 atom stereocenters. The van der Waals surface area contributed by atoms with E-state index < -0.39 is 0 Å². The van der Waals surface area contributed by atoms with Crippen molar-refractivity contribution in [2.45, 2.75) is 33.2 Å². The van der Waals surface area contributed by atoms with Crippen LogP contribution in [0.3, 0.4) is 0 Å². The Kier molecular flexibility index (Phi) is 5.03. The molecule has 2 aromatic heterocycles. The number of rotatable bonds is 6. The summed E-state index contributed by atoms with van der Waals surface area (Å²) < 4.78 is 2.91. The van der Waals surface area contributed by atoms with Crippen LogP contribution >= 0.6 is 11.3 Å². The summed E-state index contributed by atoms with van der Waals surface area (Å²) in [5.41, 5.74) is 2.76. The van der Waals surface area contributed by atoms with E-state index in [1.807, 2.05) is 60.8 Å². The van der Waals surface area contributed by atoms with Crippen LogP contribution in [-0.2, 0) is 4.79 Å². The number of aromatic nitrogens is 3. The zero-order valence-electron chi connectivity index (χ0n) is 15.0. The Labute approximate surface area is 151 Å². The highest BCUT2D eigenvalue weighted by atomic mass is 32.1. The van der Waals surface area contributed by atoms with E-state index in [1.54, 1.807) is 11.3 Å². The van der Waals surface area contributed by atoms with Gasteiger partial charge in [-0.05, 0) is 32.4 Å². The number of fused-ring (bicyclic) bond motifs is 1. The zero-order valence-corrected chi connectivity index (χ0v) is 15.8. The predicted molar refractivity (Wildman–Crippen MR) is 103 cm³/mol. The lowest BCUT2D eigenvalue weighted by molar-refractivity contribution is -0.120. The van der Waals surface area contributed by atoms with Crippen molar-refractivity contribution in [3.63, 3.8) is 0 Å². The highest BCUT2D eigenvalue weighted by Crippen LogP contribution is 2.31. The van der Waals surface area contributed by atoms with Crippen molar-refractivity contribution >= 4 is 32.7 Å². The van der Waals surface area contributed by atoms with Gasteiger partial charge in [-0.25, -0.2) is 4.68 Å². The molecule has 2 heterocycles. The van der Waals surface area contributed by atoms with Gasteiger partial charge in [-0.1, -0.05) is 36.5 Å². The number of anilines is 1. The number of amides is 1. The van der Waals surface area contributed by atoms with Gasteiger partial charge in [0.2, 0.25) is 5.91 Å². The van der Waals surface area contributed by atoms with E-state index in [1.165, 1.54) is 0 Å². The molecule has 132 valence electrons. The molecule has 1 amide bonds. The van der Waals surface area contributed by atoms with Crippen molar-refractivity contribution < 1.29 is 4.79 Å². The zero-order chi connectivity index (χ0) is 18.0. The number of nitrogens with zero attached hydrogens (tertiary/aromatic N) is 4. The molecule has 1 aromatic carbocycles. The van der Waals surface area contributed by atoms with Gasteiger partial charge in [0.05, 0.1) is 22.6 Å². The molecule has 1 N–H and O–H groups in total. The van der Waals surface area contributed by atoms with E-state index in [9.17, 15) is 4.79 Å². The maximum absolute atomic E-state index is 12.1. The van der Waals surface area contributed by atoms with E-state index in [0.29, 0.717) is 0 Å². The molecule has 0 saturated carbocycles. The third-order valence-corrected chi connectivity index (χ3v) is 5.37. The first-order chi connectivity index (χ1) is 12.0. The number of hydrogen-bond donors (Lipinski definition) is 1. The minimum Gasteiger partial charge on any atom is -0.352 e. The van der Waals surface area contributed by atoms with E-state index >= 15 is 0 Å². The molecule has 0 aliphatic heterocycles. The van der Waals surface area contributed by atoms with Crippen molar-refractivity contribution in [1.29, 1.82) is 0 Å². The monoisotopic (exact) mass is 357 g/mol. The summed E-state index contributed by atoms with van der Waals surface area (Å²) in [6.45, 7) is 6.34. The minimum atomic E-state index is 0.0116. The summed E-state index contributed by atoms with van der Waals surface area (Å²) >= 11 is 1.57. The molecule has 0 aliphatic rings. The SMILES string of the molecule is CCC(C)NC(=O)CN(C)c1nc2c(s1)c(C)nn2-c1ccccc1. The van der Waals surface area contributed by atoms with Crippen molar-refractivity contribution in [3.05, 3.63) is 36.0 Å². The fourth-order valence-electron chi connectivity index (χ4n) is 2.54. The first kappa shape index (κ1) is 17.4. The molecule has 0 radical (unpaired) electrons. The molecule has 25 heavy (non-hydrogen) atoms. The lowest BCUT2D eigenvalue weighted by Crippen LogP contribution is -2.39. The molecule has 3 aromatic rings. The Morgan fingerprint density at radius 2 is 2.08 bits per heavy atom. The molecule has 0 saturated heterocycles. The smallest absolute Gasteiger partial charge is 0.239 e. The summed E-state index contributed by atoms with van der Waals surface area (Å²) in [5.74, 6) is 0.0116. The van der Waals surface area contributed by atoms with E-state index in [2.05, 4.69) is 17.3 Å². The first-order valence-electron chi connectivity index (χ1n) is 8.41. The molecule has 0 fully saturated rings. The van der Waals surface area contributed by atoms with Gasteiger partial charge in [0.1, 0.15) is 0 Å². The molecule has 7 heteroatoms. The standard InChI is InChI=1S/C18H23N5OS/c1-5-12(2)19-15(24)11-22(4)18-20-17-16(25-18)13(3)21-23(17)14-9-7-6-8-10-14/h6-10,12H,5,11H2,1-4H3,(H,19,24). The predicted octanol–water partition coefficient (Wildman–Crippen LogP) is 3.14. The van der Waals surface area contributed by atoms with Crippen LogP contribution < -0.4 is 10.2 Å². The van der Waals surface area contributed by atoms with E-state index in [4.69, 9.17) is 4.98 Å². The Balaban J connectivity index is 1.85.